The van der Waals surface area contributed by atoms with Crippen molar-refractivity contribution in [3.8, 4) is 46.0 Å². The van der Waals surface area contributed by atoms with Gasteiger partial charge < -0.3 is 9.47 Å². The van der Waals surface area contributed by atoms with Gasteiger partial charge in [-0.3, -0.25) is 19.1 Å². The minimum absolute atomic E-state index is 0.592. The van der Waals surface area contributed by atoms with Gasteiger partial charge in [0.1, 0.15) is 34.6 Å². The van der Waals surface area contributed by atoms with Gasteiger partial charge >= 0.3 is 0 Å². The van der Waals surface area contributed by atoms with Crippen molar-refractivity contribution in [2.75, 3.05) is 0 Å². The molecule has 0 saturated carbocycles. The maximum absolute atomic E-state index is 6.41. The van der Waals surface area contributed by atoms with Crippen LogP contribution in [0.25, 0.3) is 55.8 Å². The molecule has 12 heteroatoms. The first-order valence-corrected chi connectivity index (χ1v) is 16.5. The van der Waals surface area contributed by atoms with E-state index in [9.17, 15) is 0 Å². The molecule has 8 aromatic heterocycles. The molecule has 10 aromatic rings. The predicted molar refractivity (Wildman–Crippen MR) is 196 cm³/mol. The van der Waals surface area contributed by atoms with Crippen LogP contribution < -0.4 is 9.47 Å². The smallest absolute Gasteiger partial charge is 0.147 e. The third kappa shape index (κ3) is 5.01. The lowest BCUT2D eigenvalue weighted by Crippen LogP contribution is -1.98. The lowest BCUT2D eigenvalue weighted by molar-refractivity contribution is 0.480. The summed E-state index contributed by atoms with van der Waals surface area (Å²) >= 11 is 0. The van der Waals surface area contributed by atoms with Crippen LogP contribution in [0, 0.1) is 0 Å². The highest BCUT2D eigenvalue weighted by atomic mass is 16.5. The summed E-state index contributed by atoms with van der Waals surface area (Å²) < 4.78 is 20.7. The normalized spacial score (nSPS) is 11.5. The number of fused-ring (bicyclic) bond motifs is 5. The summed E-state index contributed by atoms with van der Waals surface area (Å²) in [4.78, 5) is 18.4. The number of ether oxygens (including phenoxy) is 2. The molecular weight excluding hydrogens is 653 g/mol. The zero-order valence-electron chi connectivity index (χ0n) is 27.3. The van der Waals surface area contributed by atoms with Crippen molar-refractivity contribution >= 4 is 32.8 Å². The second-order valence-electron chi connectivity index (χ2n) is 12.0. The molecule has 12 nitrogen and oxygen atoms in total. The van der Waals surface area contributed by atoms with Crippen LogP contribution in [0.15, 0.2) is 159 Å². The van der Waals surface area contributed by atoms with Crippen LogP contribution in [0.4, 0.5) is 0 Å². The van der Waals surface area contributed by atoms with E-state index < -0.39 is 0 Å². The third-order valence-corrected chi connectivity index (χ3v) is 8.77. The Balaban J connectivity index is 1.16. The number of hydrogen-bond donors (Lipinski definition) is 0. The number of hydrogen-bond acceptors (Lipinski definition) is 8. The molecule has 10 rings (SSSR count). The number of nitrogens with zero attached hydrogens (tertiary/aromatic N) is 10. The largest absolute Gasteiger partial charge is 0.456 e. The van der Waals surface area contributed by atoms with E-state index in [4.69, 9.17) is 19.4 Å². The molecule has 0 fully saturated rings. The maximum atomic E-state index is 6.41. The van der Waals surface area contributed by atoms with E-state index in [0.29, 0.717) is 23.0 Å². The third-order valence-electron chi connectivity index (χ3n) is 8.77. The van der Waals surface area contributed by atoms with Crippen LogP contribution in [0.2, 0.25) is 0 Å². The van der Waals surface area contributed by atoms with Crippen molar-refractivity contribution in [3.05, 3.63) is 159 Å². The van der Waals surface area contributed by atoms with Crippen LogP contribution in [0.1, 0.15) is 0 Å². The molecule has 248 valence electrons. The lowest BCUT2D eigenvalue weighted by Gasteiger charge is -2.11. The molecule has 0 atom stereocenters. The lowest BCUT2D eigenvalue weighted by atomic mass is 10.2. The van der Waals surface area contributed by atoms with Gasteiger partial charge in [-0.1, -0.05) is 12.1 Å². The van der Waals surface area contributed by atoms with Crippen molar-refractivity contribution in [2.24, 2.45) is 0 Å². The second kappa shape index (κ2) is 12.1. The van der Waals surface area contributed by atoms with Gasteiger partial charge in [-0.25, -0.2) is 19.3 Å². The standard InChI is InChI=1S/C40H26N10O2/c1-3-13-43-37(7-1)49-35-21-29(51-31-19-27(23-41-25-31)47-17-5-15-45-47)9-11-33(35)40-39(49)34-12-10-30(22-36(34)50(40)38-8-2-4-14-44-38)52-32-20-28(24-42-26-32)48-18-6-16-46-48/h1-26H. The molecule has 0 amide bonds. The average molecular weight is 679 g/mol. The molecular formula is C40H26N10O2. The topological polar surface area (TPSA) is 116 Å². The summed E-state index contributed by atoms with van der Waals surface area (Å²) in [6.07, 6.45) is 17.7. The molecule has 0 aliphatic rings. The molecule has 2 aromatic carbocycles. The summed E-state index contributed by atoms with van der Waals surface area (Å²) in [5.74, 6) is 4.02. The maximum Gasteiger partial charge on any atom is 0.147 e. The molecule has 0 spiro atoms. The van der Waals surface area contributed by atoms with Crippen LogP contribution in [-0.4, -0.2) is 48.6 Å². The van der Waals surface area contributed by atoms with E-state index in [-0.39, 0.29) is 0 Å². The van der Waals surface area contributed by atoms with Gasteiger partial charge in [0.25, 0.3) is 0 Å². The molecule has 0 unspecified atom stereocenters. The van der Waals surface area contributed by atoms with Gasteiger partial charge in [0.05, 0.1) is 58.2 Å². The first-order chi connectivity index (χ1) is 25.8. The van der Waals surface area contributed by atoms with Gasteiger partial charge in [0, 0.05) is 72.2 Å². The summed E-state index contributed by atoms with van der Waals surface area (Å²) in [6.45, 7) is 0. The molecule has 0 N–H and O–H groups in total. The van der Waals surface area contributed by atoms with Crippen molar-refractivity contribution in [1.82, 2.24) is 48.6 Å². The summed E-state index contributed by atoms with van der Waals surface area (Å²) in [6, 6.07) is 31.5. The Morgan fingerprint density at radius 1 is 0.442 bits per heavy atom. The Bertz CT molecular complexity index is 2650. The van der Waals surface area contributed by atoms with Crippen molar-refractivity contribution in [2.45, 2.75) is 0 Å². The van der Waals surface area contributed by atoms with Crippen LogP contribution in [0.5, 0.6) is 23.0 Å². The van der Waals surface area contributed by atoms with Gasteiger partial charge in [0.15, 0.2) is 0 Å². The van der Waals surface area contributed by atoms with Crippen molar-refractivity contribution in [3.63, 3.8) is 0 Å². The first kappa shape index (κ1) is 29.3. The van der Waals surface area contributed by atoms with E-state index in [1.807, 2.05) is 97.3 Å². The van der Waals surface area contributed by atoms with Gasteiger partial charge in [-0.15, -0.1) is 0 Å². The summed E-state index contributed by atoms with van der Waals surface area (Å²) in [5, 5.41) is 10.6. The fraction of sp³-hybridized carbons (Fsp3) is 0. The van der Waals surface area contributed by atoms with E-state index in [0.717, 1.165) is 55.8 Å². The molecule has 52 heavy (non-hydrogen) atoms. The highest BCUT2D eigenvalue weighted by Crippen LogP contribution is 2.42. The fourth-order valence-corrected chi connectivity index (χ4v) is 6.61. The zero-order chi connectivity index (χ0) is 34.4. The minimum Gasteiger partial charge on any atom is -0.456 e. The van der Waals surface area contributed by atoms with Crippen LogP contribution in [0.3, 0.4) is 0 Å². The molecule has 0 radical (unpaired) electrons. The number of pyridine rings is 4. The summed E-state index contributed by atoms with van der Waals surface area (Å²) in [7, 11) is 0. The number of aromatic nitrogens is 10. The van der Waals surface area contributed by atoms with Crippen LogP contribution >= 0.6 is 0 Å². The Morgan fingerprint density at radius 3 is 1.37 bits per heavy atom. The van der Waals surface area contributed by atoms with Crippen molar-refractivity contribution in [1.29, 1.82) is 0 Å². The summed E-state index contributed by atoms with van der Waals surface area (Å²) in [5.41, 5.74) is 5.39. The van der Waals surface area contributed by atoms with E-state index in [2.05, 4.69) is 41.4 Å². The Kier molecular flexibility index (Phi) is 6.81. The van der Waals surface area contributed by atoms with Crippen molar-refractivity contribution < 1.29 is 9.47 Å². The van der Waals surface area contributed by atoms with Gasteiger partial charge in [0.2, 0.25) is 0 Å². The SMILES string of the molecule is c1ccc(-n2c3cc(Oc4cncc(-n5cccn5)c4)ccc3c3c2c2ccc(Oc4cncc(-n5cccn5)c4)cc2n3-c2ccccn2)nc1. The van der Waals surface area contributed by atoms with E-state index in [1.54, 1.807) is 58.9 Å². The highest BCUT2D eigenvalue weighted by Gasteiger charge is 2.24. The Morgan fingerprint density at radius 2 is 0.942 bits per heavy atom. The Hall–Kier alpha value is -7.60. The minimum atomic E-state index is 0.592. The molecule has 0 saturated heterocycles. The fourth-order valence-electron chi connectivity index (χ4n) is 6.61. The van der Waals surface area contributed by atoms with Gasteiger partial charge in [-0.2, -0.15) is 10.2 Å². The second-order valence-corrected chi connectivity index (χ2v) is 12.0. The zero-order valence-corrected chi connectivity index (χ0v) is 27.3. The first-order valence-electron chi connectivity index (χ1n) is 16.5. The van der Waals surface area contributed by atoms with Gasteiger partial charge in [-0.05, 0) is 60.7 Å². The molecule has 0 aliphatic heterocycles. The highest BCUT2D eigenvalue weighted by molar-refractivity contribution is 6.20. The average Bonchev–Trinajstić information content (AvgIpc) is 4.02. The predicted octanol–water partition coefficient (Wildman–Crippen LogP) is 8.26. The Labute approximate surface area is 295 Å². The number of rotatable bonds is 8. The quantitative estimate of drug-likeness (QED) is 0.158. The van der Waals surface area contributed by atoms with Crippen LogP contribution in [-0.2, 0) is 0 Å². The van der Waals surface area contributed by atoms with E-state index >= 15 is 0 Å². The molecule has 0 aliphatic carbocycles. The number of benzene rings is 2. The molecule has 8 heterocycles. The monoisotopic (exact) mass is 678 g/mol. The molecule has 0 bridgehead atoms. The van der Waals surface area contributed by atoms with E-state index in [1.165, 1.54) is 0 Å².